The molecule has 0 aromatic heterocycles. The van der Waals surface area contributed by atoms with E-state index in [0.717, 1.165) is 15.7 Å². The molecule has 1 aliphatic heterocycles. The van der Waals surface area contributed by atoms with Gasteiger partial charge in [0, 0.05) is 11.1 Å². The summed E-state index contributed by atoms with van der Waals surface area (Å²) >= 11 is 1.30. The average Bonchev–Trinajstić information content (AvgIpc) is 2.83. The number of benzene rings is 4. The third kappa shape index (κ3) is 3.21. The van der Waals surface area contributed by atoms with Crippen LogP contribution in [0.2, 0.25) is 0 Å². The van der Waals surface area contributed by atoms with E-state index in [4.69, 9.17) is 4.74 Å². The number of ether oxygens (including phenoxy) is 1. The van der Waals surface area contributed by atoms with Crippen LogP contribution >= 0.6 is 11.8 Å². The lowest BCUT2D eigenvalue weighted by atomic mass is 10.1. The highest BCUT2D eigenvalue weighted by molar-refractivity contribution is 8.04. The number of carbonyl (C=O) groups is 2. The second-order valence-electron chi connectivity index (χ2n) is 6.87. The number of allylic oxidation sites excluding steroid dienone is 2. The van der Waals surface area contributed by atoms with Crippen LogP contribution in [-0.2, 0) is 0 Å². The Morgan fingerprint density at radius 2 is 1.23 bits per heavy atom. The lowest BCUT2D eigenvalue weighted by Gasteiger charge is -2.23. The molecule has 0 fully saturated rings. The number of Topliss-reactive ketones (excluding diaryl/α,β-unsaturated/α-hetero) is 2. The first-order chi connectivity index (χ1) is 14.7. The van der Waals surface area contributed by atoms with E-state index in [9.17, 15) is 9.59 Å². The van der Waals surface area contributed by atoms with Crippen molar-refractivity contribution in [2.45, 2.75) is 4.90 Å². The summed E-state index contributed by atoms with van der Waals surface area (Å²) in [5.41, 5.74) is 1.00. The summed E-state index contributed by atoms with van der Waals surface area (Å²) in [6, 6.07) is 29.6. The fraction of sp³-hybridized carbons (Fsp3) is 0. The molecule has 4 heteroatoms. The number of fused-ring (bicyclic) bond motifs is 3. The van der Waals surface area contributed by atoms with E-state index in [0.29, 0.717) is 21.8 Å². The fourth-order valence-electron chi connectivity index (χ4n) is 3.45. The Kier molecular flexibility index (Phi) is 4.69. The van der Waals surface area contributed by atoms with Crippen LogP contribution in [0, 0.1) is 0 Å². The monoisotopic (exact) mass is 408 g/mol. The zero-order valence-electron chi connectivity index (χ0n) is 15.9. The van der Waals surface area contributed by atoms with Crippen LogP contribution in [0.5, 0.6) is 5.75 Å². The van der Waals surface area contributed by atoms with Crippen LogP contribution in [0.1, 0.15) is 20.7 Å². The Balaban J connectivity index is 1.68. The van der Waals surface area contributed by atoms with E-state index in [1.165, 1.54) is 11.8 Å². The van der Waals surface area contributed by atoms with Gasteiger partial charge >= 0.3 is 0 Å². The highest BCUT2D eigenvalue weighted by atomic mass is 32.2. The lowest BCUT2D eigenvalue weighted by molar-refractivity contribution is 0.0964. The van der Waals surface area contributed by atoms with Gasteiger partial charge < -0.3 is 4.74 Å². The normalized spacial score (nSPS) is 12.9. The molecule has 4 aromatic carbocycles. The largest absolute Gasteiger partial charge is 0.451 e. The van der Waals surface area contributed by atoms with Crippen LogP contribution in [0.3, 0.4) is 0 Å². The second kappa shape index (κ2) is 7.65. The molecule has 0 bridgehead atoms. The van der Waals surface area contributed by atoms with Crippen molar-refractivity contribution in [1.29, 1.82) is 0 Å². The highest BCUT2D eigenvalue weighted by Crippen LogP contribution is 2.47. The molecule has 0 atom stereocenters. The van der Waals surface area contributed by atoms with Gasteiger partial charge in [-0.2, -0.15) is 0 Å². The maximum atomic E-state index is 13.4. The maximum absolute atomic E-state index is 13.4. The van der Waals surface area contributed by atoms with E-state index >= 15 is 0 Å². The average molecular weight is 408 g/mol. The molecular weight excluding hydrogens is 392 g/mol. The van der Waals surface area contributed by atoms with Crippen molar-refractivity contribution in [2.24, 2.45) is 0 Å². The van der Waals surface area contributed by atoms with Gasteiger partial charge in [0.15, 0.2) is 5.76 Å². The Hall–Kier alpha value is -3.63. The van der Waals surface area contributed by atoms with Gasteiger partial charge in [-0.1, -0.05) is 103 Å². The summed E-state index contributed by atoms with van der Waals surface area (Å²) in [7, 11) is 0. The number of hydrogen-bond donors (Lipinski definition) is 0. The zero-order valence-corrected chi connectivity index (χ0v) is 16.7. The van der Waals surface area contributed by atoms with Gasteiger partial charge in [0.05, 0.1) is 4.90 Å². The van der Waals surface area contributed by atoms with Crippen LogP contribution in [0.4, 0.5) is 0 Å². The van der Waals surface area contributed by atoms with Crippen molar-refractivity contribution in [3.63, 3.8) is 0 Å². The van der Waals surface area contributed by atoms with Gasteiger partial charge in [-0.15, -0.1) is 0 Å². The Bertz CT molecular complexity index is 1310. The van der Waals surface area contributed by atoms with Crippen molar-refractivity contribution in [2.75, 3.05) is 0 Å². The van der Waals surface area contributed by atoms with Gasteiger partial charge in [-0.3, -0.25) is 9.59 Å². The minimum absolute atomic E-state index is 0.0721. The predicted octanol–water partition coefficient (Wildman–Crippen LogP) is 6.30. The summed E-state index contributed by atoms with van der Waals surface area (Å²) in [5.74, 6) is 0.130. The first-order valence-electron chi connectivity index (χ1n) is 9.53. The summed E-state index contributed by atoms with van der Waals surface area (Å²) in [6.45, 7) is 0. The molecule has 0 amide bonds. The van der Waals surface area contributed by atoms with Gasteiger partial charge in [-0.25, -0.2) is 0 Å². The summed E-state index contributed by atoms with van der Waals surface area (Å²) in [5, 5.41) is 2.04. The minimum Gasteiger partial charge on any atom is -0.451 e. The molecule has 0 unspecified atom stereocenters. The smallest absolute Gasteiger partial charge is 0.229 e. The van der Waals surface area contributed by atoms with Crippen molar-refractivity contribution >= 4 is 34.1 Å². The molecular formula is C26H16O3S. The summed E-state index contributed by atoms with van der Waals surface area (Å²) < 4.78 is 6.10. The maximum Gasteiger partial charge on any atom is 0.229 e. The quantitative estimate of drug-likeness (QED) is 0.372. The van der Waals surface area contributed by atoms with E-state index in [1.54, 1.807) is 36.4 Å². The highest BCUT2D eigenvalue weighted by Gasteiger charge is 2.32. The molecule has 30 heavy (non-hydrogen) atoms. The molecule has 4 aromatic rings. The summed E-state index contributed by atoms with van der Waals surface area (Å²) in [4.78, 5) is 27.8. The topological polar surface area (TPSA) is 43.4 Å². The van der Waals surface area contributed by atoms with Gasteiger partial charge in [0.2, 0.25) is 11.6 Å². The van der Waals surface area contributed by atoms with Crippen molar-refractivity contribution < 1.29 is 14.3 Å². The number of carbonyl (C=O) groups excluding carboxylic acids is 2. The molecule has 0 saturated carbocycles. The molecule has 0 N–H and O–H groups in total. The molecule has 1 aliphatic rings. The van der Waals surface area contributed by atoms with Gasteiger partial charge in [0.25, 0.3) is 0 Å². The Labute approximate surface area is 178 Å². The van der Waals surface area contributed by atoms with E-state index in [-0.39, 0.29) is 17.3 Å². The first-order valence-corrected chi connectivity index (χ1v) is 10.4. The minimum atomic E-state index is -0.304. The van der Waals surface area contributed by atoms with Gasteiger partial charge in [-0.05, 0) is 16.8 Å². The Morgan fingerprint density at radius 1 is 0.633 bits per heavy atom. The molecule has 0 spiro atoms. The SMILES string of the molecule is O=C(C1=C(C(=O)c2ccccc2)Sc2c(ccc3ccccc23)O1)c1ccccc1. The summed E-state index contributed by atoms with van der Waals surface area (Å²) in [6.07, 6.45) is 0. The van der Waals surface area contributed by atoms with Crippen LogP contribution in [0.25, 0.3) is 10.8 Å². The van der Waals surface area contributed by atoms with E-state index in [2.05, 4.69) is 0 Å². The van der Waals surface area contributed by atoms with E-state index in [1.807, 2.05) is 60.7 Å². The fourth-order valence-corrected chi connectivity index (χ4v) is 4.60. The number of rotatable bonds is 4. The Morgan fingerprint density at radius 3 is 1.93 bits per heavy atom. The zero-order chi connectivity index (χ0) is 20.5. The molecule has 3 nitrogen and oxygen atoms in total. The molecule has 0 saturated heterocycles. The van der Waals surface area contributed by atoms with Crippen molar-refractivity contribution in [1.82, 2.24) is 0 Å². The van der Waals surface area contributed by atoms with Crippen LogP contribution < -0.4 is 4.74 Å². The second-order valence-corrected chi connectivity index (χ2v) is 7.89. The molecule has 0 radical (unpaired) electrons. The predicted molar refractivity (Wildman–Crippen MR) is 119 cm³/mol. The number of hydrogen-bond acceptors (Lipinski definition) is 4. The number of thioether (sulfide) groups is 1. The first kappa shape index (κ1) is 18.4. The van der Waals surface area contributed by atoms with Crippen LogP contribution in [-0.4, -0.2) is 11.6 Å². The molecule has 0 aliphatic carbocycles. The van der Waals surface area contributed by atoms with Crippen molar-refractivity contribution in [3.05, 3.63) is 119 Å². The number of ketones is 2. The molecule has 5 rings (SSSR count). The van der Waals surface area contributed by atoms with E-state index < -0.39 is 0 Å². The standard InChI is InChI=1S/C26H16O3S/c27-22(18-10-3-1-4-11-18)24-26(23(28)19-12-5-2-6-13-19)30-25-20-14-8-7-9-17(20)15-16-21(25)29-24/h1-16H. The third-order valence-corrected chi connectivity index (χ3v) is 6.15. The third-order valence-electron chi connectivity index (χ3n) is 4.95. The lowest BCUT2D eigenvalue weighted by Crippen LogP contribution is -2.19. The molecule has 144 valence electrons. The van der Waals surface area contributed by atoms with Crippen LogP contribution in [0.15, 0.2) is 113 Å². The van der Waals surface area contributed by atoms with Crippen molar-refractivity contribution in [3.8, 4) is 5.75 Å². The molecule has 1 heterocycles. The van der Waals surface area contributed by atoms with Gasteiger partial charge in [0.1, 0.15) is 10.7 Å².